The van der Waals surface area contributed by atoms with Crippen molar-refractivity contribution in [1.29, 1.82) is 0 Å². The Morgan fingerprint density at radius 1 is 0.897 bits per heavy atom. The molecule has 208 valence electrons. The van der Waals surface area contributed by atoms with Gasteiger partial charge in [-0.1, -0.05) is 48.0 Å². The van der Waals surface area contributed by atoms with Gasteiger partial charge >= 0.3 is 0 Å². The van der Waals surface area contributed by atoms with E-state index in [-0.39, 0.29) is 23.4 Å². The van der Waals surface area contributed by atoms with E-state index in [0.717, 1.165) is 15.4 Å². The number of amides is 2. The predicted molar refractivity (Wildman–Crippen MR) is 153 cm³/mol. The third-order valence-electron chi connectivity index (χ3n) is 6.38. The van der Waals surface area contributed by atoms with Crippen molar-refractivity contribution in [3.63, 3.8) is 0 Å². The largest absolute Gasteiger partial charge is 0.497 e. The SMILES string of the molecule is COc1ccc(CN(C(=O)CN(c2ccccc2C)S(=O)(=O)c2ccc(C)cc2)[C@@H](C)C(=O)NC(C)C)cc1. The maximum absolute atomic E-state index is 13.9. The van der Waals surface area contributed by atoms with Gasteiger partial charge in [0, 0.05) is 12.6 Å². The number of benzene rings is 3. The Bertz CT molecular complexity index is 1390. The van der Waals surface area contributed by atoms with Crippen LogP contribution in [0.1, 0.15) is 37.5 Å². The summed E-state index contributed by atoms with van der Waals surface area (Å²) >= 11 is 0. The molecule has 0 spiro atoms. The van der Waals surface area contributed by atoms with Crippen LogP contribution in [-0.4, -0.2) is 50.9 Å². The Morgan fingerprint density at radius 2 is 1.51 bits per heavy atom. The van der Waals surface area contributed by atoms with Gasteiger partial charge in [0.15, 0.2) is 0 Å². The molecule has 3 aromatic carbocycles. The van der Waals surface area contributed by atoms with Crippen LogP contribution in [-0.2, 0) is 26.2 Å². The fourth-order valence-corrected chi connectivity index (χ4v) is 5.59. The third-order valence-corrected chi connectivity index (χ3v) is 8.16. The Morgan fingerprint density at radius 3 is 2.08 bits per heavy atom. The second-order valence-corrected chi connectivity index (χ2v) is 11.7. The average molecular weight is 552 g/mol. The van der Waals surface area contributed by atoms with Crippen molar-refractivity contribution in [2.24, 2.45) is 0 Å². The van der Waals surface area contributed by atoms with Crippen LogP contribution in [0, 0.1) is 13.8 Å². The zero-order valence-electron chi connectivity index (χ0n) is 23.3. The first-order valence-corrected chi connectivity index (χ1v) is 14.3. The lowest BCUT2D eigenvalue weighted by Crippen LogP contribution is -2.52. The second-order valence-electron chi connectivity index (χ2n) is 9.82. The first-order valence-electron chi connectivity index (χ1n) is 12.8. The van der Waals surface area contributed by atoms with E-state index in [1.807, 2.05) is 39.0 Å². The van der Waals surface area contributed by atoms with E-state index in [1.165, 1.54) is 17.0 Å². The molecule has 0 aliphatic carbocycles. The average Bonchev–Trinajstić information content (AvgIpc) is 2.90. The minimum absolute atomic E-state index is 0.0801. The van der Waals surface area contributed by atoms with Crippen molar-refractivity contribution in [2.45, 2.75) is 58.1 Å². The van der Waals surface area contributed by atoms with Crippen LogP contribution >= 0.6 is 0 Å². The highest BCUT2D eigenvalue weighted by Crippen LogP contribution is 2.27. The van der Waals surface area contributed by atoms with Crippen LogP contribution in [0.15, 0.2) is 77.7 Å². The molecule has 3 rings (SSSR count). The molecule has 2 amide bonds. The molecule has 0 fully saturated rings. The van der Waals surface area contributed by atoms with E-state index in [4.69, 9.17) is 4.74 Å². The zero-order valence-corrected chi connectivity index (χ0v) is 24.2. The van der Waals surface area contributed by atoms with Gasteiger partial charge in [-0.15, -0.1) is 0 Å². The van der Waals surface area contributed by atoms with E-state index in [1.54, 1.807) is 63.4 Å². The number of hydrogen-bond acceptors (Lipinski definition) is 5. The van der Waals surface area contributed by atoms with Gasteiger partial charge in [-0.2, -0.15) is 0 Å². The number of hydrogen-bond donors (Lipinski definition) is 1. The van der Waals surface area contributed by atoms with Crippen molar-refractivity contribution < 1.29 is 22.7 Å². The Balaban J connectivity index is 2.03. The molecule has 39 heavy (non-hydrogen) atoms. The van der Waals surface area contributed by atoms with E-state index < -0.39 is 28.5 Å². The van der Waals surface area contributed by atoms with Crippen LogP contribution < -0.4 is 14.4 Å². The summed E-state index contributed by atoms with van der Waals surface area (Å²) in [6.45, 7) is 8.64. The number of para-hydroxylation sites is 1. The summed E-state index contributed by atoms with van der Waals surface area (Å²) in [6.07, 6.45) is 0. The fourth-order valence-electron chi connectivity index (χ4n) is 4.11. The first kappa shape index (κ1) is 29.7. The molecule has 0 radical (unpaired) electrons. The van der Waals surface area contributed by atoms with Crippen LogP contribution in [0.5, 0.6) is 5.75 Å². The minimum Gasteiger partial charge on any atom is -0.497 e. The summed E-state index contributed by atoms with van der Waals surface area (Å²) in [5.74, 6) is -0.163. The number of ether oxygens (including phenoxy) is 1. The number of rotatable bonds is 11. The Kier molecular flexibility index (Phi) is 9.75. The molecule has 0 saturated heterocycles. The molecule has 0 aliphatic rings. The molecule has 1 atom stereocenters. The molecular formula is C30H37N3O5S. The molecule has 0 bridgehead atoms. The number of anilines is 1. The number of nitrogens with zero attached hydrogens (tertiary/aromatic N) is 2. The zero-order chi connectivity index (χ0) is 28.7. The molecule has 0 saturated carbocycles. The molecule has 8 nitrogen and oxygen atoms in total. The number of sulfonamides is 1. The van der Waals surface area contributed by atoms with Gasteiger partial charge in [-0.25, -0.2) is 8.42 Å². The molecule has 0 heterocycles. The molecule has 1 N–H and O–H groups in total. The summed E-state index contributed by atoms with van der Waals surface area (Å²) in [7, 11) is -2.53. The fraction of sp³-hybridized carbons (Fsp3) is 0.333. The van der Waals surface area contributed by atoms with Gasteiger partial charge in [0.1, 0.15) is 18.3 Å². The standard InChI is InChI=1S/C30H37N3O5S/c1-21(2)31-30(35)24(5)32(19-25-13-15-26(38-6)16-14-25)29(34)20-33(28-10-8-7-9-23(28)4)39(36,37)27-17-11-22(3)12-18-27/h7-18,21,24H,19-20H2,1-6H3,(H,31,35)/t24-/m0/s1. The van der Waals surface area contributed by atoms with Gasteiger partial charge in [-0.3, -0.25) is 13.9 Å². The topological polar surface area (TPSA) is 96.0 Å². The number of carbonyl (C=O) groups excluding carboxylic acids is 2. The molecular weight excluding hydrogens is 514 g/mol. The first-order chi connectivity index (χ1) is 18.4. The number of methoxy groups -OCH3 is 1. The summed E-state index contributed by atoms with van der Waals surface area (Å²) in [5.41, 5.74) is 2.80. The lowest BCUT2D eigenvalue weighted by atomic mass is 10.1. The number of carbonyl (C=O) groups is 2. The smallest absolute Gasteiger partial charge is 0.264 e. The quantitative estimate of drug-likeness (QED) is 0.380. The normalized spacial score (nSPS) is 12.1. The highest BCUT2D eigenvalue weighted by molar-refractivity contribution is 7.92. The van der Waals surface area contributed by atoms with Crippen molar-refractivity contribution in [2.75, 3.05) is 18.0 Å². The predicted octanol–water partition coefficient (Wildman–Crippen LogP) is 4.45. The summed E-state index contributed by atoms with van der Waals surface area (Å²) < 4.78 is 34.2. The van der Waals surface area contributed by atoms with Crippen molar-refractivity contribution in [3.05, 3.63) is 89.5 Å². The highest BCUT2D eigenvalue weighted by atomic mass is 32.2. The van der Waals surface area contributed by atoms with E-state index in [0.29, 0.717) is 17.0 Å². The van der Waals surface area contributed by atoms with Gasteiger partial charge in [0.2, 0.25) is 11.8 Å². The third kappa shape index (κ3) is 7.38. The van der Waals surface area contributed by atoms with Crippen LogP contribution in [0.3, 0.4) is 0 Å². The van der Waals surface area contributed by atoms with Gasteiger partial charge in [0.25, 0.3) is 10.0 Å². The maximum Gasteiger partial charge on any atom is 0.264 e. The van der Waals surface area contributed by atoms with Crippen molar-refractivity contribution in [1.82, 2.24) is 10.2 Å². The van der Waals surface area contributed by atoms with Crippen LogP contribution in [0.25, 0.3) is 0 Å². The monoisotopic (exact) mass is 551 g/mol. The van der Waals surface area contributed by atoms with Crippen molar-refractivity contribution >= 4 is 27.5 Å². The maximum atomic E-state index is 13.9. The Labute approximate surface area is 231 Å². The number of nitrogens with one attached hydrogen (secondary N) is 1. The lowest BCUT2D eigenvalue weighted by molar-refractivity contribution is -0.139. The summed E-state index contributed by atoms with van der Waals surface area (Å²) in [6, 6.07) is 19.7. The number of aryl methyl sites for hydroxylation is 2. The van der Waals surface area contributed by atoms with E-state index in [2.05, 4.69) is 5.32 Å². The molecule has 3 aromatic rings. The second kappa shape index (κ2) is 12.8. The Hall–Kier alpha value is -3.85. The highest BCUT2D eigenvalue weighted by Gasteiger charge is 2.33. The van der Waals surface area contributed by atoms with E-state index in [9.17, 15) is 18.0 Å². The van der Waals surface area contributed by atoms with Gasteiger partial charge < -0.3 is 15.0 Å². The van der Waals surface area contributed by atoms with Crippen LogP contribution in [0.4, 0.5) is 5.69 Å². The van der Waals surface area contributed by atoms with Crippen LogP contribution in [0.2, 0.25) is 0 Å². The molecule has 0 unspecified atom stereocenters. The van der Waals surface area contributed by atoms with Gasteiger partial charge in [-0.05, 0) is 76.1 Å². The molecule has 0 aliphatic heterocycles. The lowest BCUT2D eigenvalue weighted by Gasteiger charge is -2.32. The van der Waals surface area contributed by atoms with E-state index >= 15 is 0 Å². The molecule has 9 heteroatoms. The van der Waals surface area contributed by atoms with Gasteiger partial charge in [0.05, 0.1) is 17.7 Å². The minimum atomic E-state index is -4.10. The summed E-state index contributed by atoms with van der Waals surface area (Å²) in [4.78, 5) is 28.4. The van der Waals surface area contributed by atoms with Crippen molar-refractivity contribution in [3.8, 4) is 5.75 Å². The molecule has 0 aromatic heterocycles. The summed E-state index contributed by atoms with van der Waals surface area (Å²) in [5, 5.41) is 2.85.